The van der Waals surface area contributed by atoms with E-state index in [9.17, 15) is 9.59 Å². The monoisotopic (exact) mass is 1040 g/mol. The number of rotatable bonds is 20. The number of tetrazole rings is 1. The fraction of sp³-hybridized carbons (Fsp3) is 0.340. The fourth-order valence-corrected chi connectivity index (χ4v) is 11.0. The Morgan fingerprint density at radius 3 is 1.60 bits per heavy atom. The van der Waals surface area contributed by atoms with Crippen molar-refractivity contribution < 1.29 is 50.1 Å². The summed E-state index contributed by atoms with van der Waals surface area (Å²) in [5.41, 5.74) is 13.2. The van der Waals surface area contributed by atoms with Crippen molar-refractivity contribution in [3.05, 3.63) is 120 Å². The summed E-state index contributed by atoms with van der Waals surface area (Å²) in [4.78, 5) is 25.6. The molecule has 0 saturated carbocycles. The number of benzene rings is 5. The average Bonchev–Trinajstić information content (AvgIpc) is 3.80. The maximum atomic E-state index is 16.2. The summed E-state index contributed by atoms with van der Waals surface area (Å²) in [6.45, 7) is 8.50. The number of amides is 2. The molecule has 6 aromatic rings. The van der Waals surface area contributed by atoms with Crippen LogP contribution >= 0.6 is 0 Å². The number of hydrogen-bond donors (Lipinski definition) is 5. The zero-order valence-electron chi connectivity index (χ0n) is 42.1. The molecular weight excluding hydrogens is 981 g/mol. The van der Waals surface area contributed by atoms with Crippen molar-refractivity contribution in [2.75, 3.05) is 45.9 Å². The lowest BCUT2D eigenvalue weighted by molar-refractivity contribution is 0.0517. The quantitative estimate of drug-likeness (QED) is 0.0522. The van der Waals surface area contributed by atoms with Gasteiger partial charge in [0, 0.05) is 31.7 Å². The topological polar surface area (TPSA) is 284 Å². The Kier molecular flexibility index (Phi) is 17.2. The molecule has 6 rings (SSSR count). The summed E-state index contributed by atoms with van der Waals surface area (Å²) < 4.78 is 93.7. The third-order valence-electron chi connectivity index (χ3n) is 10.7. The minimum absolute atomic E-state index is 0.0567. The van der Waals surface area contributed by atoms with Crippen molar-refractivity contribution in [2.24, 2.45) is 0 Å². The Hall–Kier alpha value is -7.47. The Morgan fingerprint density at radius 2 is 1.14 bits per heavy atom. The lowest BCUT2D eigenvalue weighted by Gasteiger charge is -2.27. The molecule has 2 amide bonds. The highest BCUT2D eigenvalue weighted by molar-refractivity contribution is 7.92. The molecule has 0 aliphatic rings. The molecule has 0 fully saturated rings. The molecule has 0 bridgehead atoms. The van der Waals surface area contributed by atoms with Crippen LogP contribution in [0.2, 0.25) is 0 Å². The van der Waals surface area contributed by atoms with Crippen LogP contribution in [-0.4, -0.2) is 105 Å². The van der Waals surface area contributed by atoms with Gasteiger partial charge in [-0.3, -0.25) is 0 Å². The molecule has 390 valence electrons. The van der Waals surface area contributed by atoms with Gasteiger partial charge in [0.2, 0.25) is 25.9 Å². The van der Waals surface area contributed by atoms with E-state index in [1.165, 1.54) is 32.2 Å². The van der Waals surface area contributed by atoms with Crippen molar-refractivity contribution in [3.63, 3.8) is 0 Å². The number of alkyl carbamates (subject to hydrolysis) is 2. The van der Waals surface area contributed by atoms with Crippen molar-refractivity contribution in [2.45, 2.75) is 88.2 Å². The number of nitrogens with one attached hydrogen (secondary N) is 3. The number of hydrogen-bond acceptors (Lipinski definition) is 16. The lowest BCUT2D eigenvalue weighted by atomic mass is 9.97. The zero-order valence-corrected chi connectivity index (χ0v) is 43.8. The summed E-state index contributed by atoms with van der Waals surface area (Å²) in [6.07, 6.45) is -1.78. The number of ether oxygens (including phenoxy) is 5. The first-order chi connectivity index (χ1) is 34.4. The second-order valence-corrected chi connectivity index (χ2v) is 22.2. The first-order valence-corrected chi connectivity index (χ1v) is 25.8. The highest BCUT2D eigenvalue weighted by atomic mass is 32.2. The van der Waals surface area contributed by atoms with Crippen LogP contribution in [0.15, 0.2) is 113 Å². The molecule has 5 aromatic carbocycles. The van der Waals surface area contributed by atoms with E-state index in [4.69, 9.17) is 35.2 Å². The van der Waals surface area contributed by atoms with Gasteiger partial charge in [0.1, 0.15) is 38.2 Å². The number of carbonyl (C=O) groups is 2. The summed E-state index contributed by atoms with van der Waals surface area (Å²) in [7, 11) is -5.61. The van der Waals surface area contributed by atoms with Gasteiger partial charge in [-0.2, -0.15) is 9.10 Å². The minimum Gasteiger partial charge on any atom is -0.497 e. The number of nitrogen functional groups attached to an aromatic ring is 2. The van der Waals surface area contributed by atoms with E-state index in [0.29, 0.717) is 28.4 Å². The molecule has 21 nitrogen and oxygen atoms in total. The van der Waals surface area contributed by atoms with E-state index in [1.807, 2.05) is 0 Å². The van der Waals surface area contributed by atoms with Crippen LogP contribution in [0.1, 0.15) is 58.2 Å². The Balaban J connectivity index is 1.62. The standard InChI is InChI=1S/C50H62N10O11S2/c1-49(2,3)70-47(61)53-27-35(28-54-48(62)71-50(4,5)6)57-72(63,64)42-26-25-39(40-11-10-12-41(51)44(40)52)43(46-55-58-60(56-46)31-34-17-23-38(69-9)24-18-34)45(42)73(65,66)59(29-32-13-19-36(67-7)20-14-32)30-33-15-21-37(68-8)22-16-33/h10-26,35,57H,27-31,51-52H2,1-9H3,(H,53,61)(H,54,62). The van der Waals surface area contributed by atoms with Crippen molar-refractivity contribution in [1.82, 2.24) is 39.9 Å². The smallest absolute Gasteiger partial charge is 0.407 e. The molecular formula is C50H62N10O11S2. The van der Waals surface area contributed by atoms with Gasteiger partial charge in [-0.1, -0.05) is 54.6 Å². The SMILES string of the molecule is COc1ccc(CN(Cc2ccc(OC)cc2)S(=O)(=O)c2c(S(=O)(=O)NC(CNC(=O)OC(C)(C)C)CNC(=O)OC(C)(C)C)ccc(-c3cccc(N)c3N)c2-c2nnn(Cc3ccc(OC)cc3)n2)cc1. The molecule has 0 saturated heterocycles. The molecule has 73 heavy (non-hydrogen) atoms. The Labute approximate surface area is 425 Å². The van der Waals surface area contributed by atoms with E-state index < -0.39 is 72.4 Å². The number of sulfonamides is 2. The molecule has 7 N–H and O–H groups in total. The first kappa shape index (κ1) is 54.9. The average molecular weight is 1040 g/mol. The molecule has 0 aliphatic heterocycles. The van der Waals surface area contributed by atoms with Crippen molar-refractivity contribution >= 4 is 43.6 Å². The predicted molar refractivity (Wildman–Crippen MR) is 275 cm³/mol. The molecule has 23 heteroatoms. The maximum absolute atomic E-state index is 16.2. The van der Waals surface area contributed by atoms with E-state index in [0.717, 1.165) is 15.9 Å². The Bertz CT molecular complexity index is 3020. The molecule has 0 radical (unpaired) electrons. The van der Waals surface area contributed by atoms with Gasteiger partial charge in [0.05, 0.1) is 50.9 Å². The number of aromatic nitrogens is 4. The van der Waals surface area contributed by atoms with Crippen LogP contribution in [0.3, 0.4) is 0 Å². The summed E-state index contributed by atoms with van der Waals surface area (Å²) in [6, 6.07) is 26.4. The third-order valence-corrected chi connectivity index (χ3v) is 14.3. The van der Waals surface area contributed by atoms with Crippen LogP contribution in [-0.2, 0) is 49.2 Å². The fourth-order valence-electron chi connectivity index (χ4n) is 7.30. The second kappa shape index (κ2) is 22.9. The van der Waals surface area contributed by atoms with Gasteiger partial charge >= 0.3 is 12.2 Å². The highest BCUT2D eigenvalue weighted by Gasteiger charge is 2.39. The van der Waals surface area contributed by atoms with Crippen LogP contribution in [0.4, 0.5) is 21.0 Å². The Morgan fingerprint density at radius 1 is 0.658 bits per heavy atom. The van der Waals surface area contributed by atoms with Gasteiger partial charge in [0.25, 0.3) is 0 Å². The third kappa shape index (κ3) is 14.6. The second-order valence-electron chi connectivity index (χ2n) is 18.7. The molecule has 0 unspecified atom stereocenters. The van der Waals surface area contributed by atoms with E-state index >= 15 is 16.8 Å². The highest BCUT2D eigenvalue weighted by Crippen LogP contribution is 2.44. The first-order valence-electron chi connectivity index (χ1n) is 22.8. The normalized spacial score (nSPS) is 12.1. The lowest BCUT2D eigenvalue weighted by Crippen LogP contribution is -2.51. The number of nitrogens with zero attached hydrogens (tertiary/aromatic N) is 5. The van der Waals surface area contributed by atoms with Crippen LogP contribution < -0.4 is 41.0 Å². The number of carbonyl (C=O) groups excluding carboxylic acids is 2. The number of methoxy groups -OCH3 is 3. The minimum atomic E-state index is -5.09. The van der Waals surface area contributed by atoms with E-state index in [1.54, 1.807) is 133 Å². The zero-order chi connectivity index (χ0) is 53.3. The number of nitrogens with two attached hydrogens (primary N) is 2. The summed E-state index contributed by atoms with van der Waals surface area (Å²) >= 11 is 0. The largest absolute Gasteiger partial charge is 0.497 e. The maximum Gasteiger partial charge on any atom is 0.407 e. The molecule has 0 aliphatic carbocycles. The van der Waals surface area contributed by atoms with Crippen molar-refractivity contribution in [3.8, 4) is 39.8 Å². The van der Waals surface area contributed by atoms with E-state index in [-0.39, 0.29) is 53.5 Å². The van der Waals surface area contributed by atoms with Crippen LogP contribution in [0, 0.1) is 0 Å². The number of anilines is 2. The van der Waals surface area contributed by atoms with Crippen LogP contribution in [0.5, 0.6) is 17.2 Å². The van der Waals surface area contributed by atoms with Gasteiger partial charge in [0.15, 0.2) is 0 Å². The number of para-hydroxylation sites is 1. The molecule has 1 aromatic heterocycles. The summed E-state index contributed by atoms with van der Waals surface area (Å²) in [5, 5.41) is 18.4. The van der Waals surface area contributed by atoms with Gasteiger partial charge in [-0.05, 0) is 118 Å². The molecule has 0 spiro atoms. The summed E-state index contributed by atoms with van der Waals surface area (Å²) in [5.74, 6) is 1.36. The molecule has 1 heterocycles. The van der Waals surface area contributed by atoms with Crippen LogP contribution in [0.25, 0.3) is 22.5 Å². The predicted octanol–water partition coefficient (Wildman–Crippen LogP) is 6.33. The van der Waals surface area contributed by atoms with Crippen molar-refractivity contribution in [1.29, 1.82) is 0 Å². The van der Waals surface area contributed by atoms with Gasteiger partial charge in [-0.15, -0.1) is 10.2 Å². The van der Waals surface area contributed by atoms with Gasteiger partial charge < -0.3 is 45.8 Å². The molecule has 0 atom stereocenters. The van der Waals surface area contributed by atoms with E-state index in [2.05, 4.69) is 30.8 Å². The van der Waals surface area contributed by atoms with Gasteiger partial charge in [-0.25, -0.2) is 31.1 Å².